The predicted octanol–water partition coefficient (Wildman–Crippen LogP) is 2.80. The van der Waals surface area contributed by atoms with E-state index in [9.17, 15) is 12.9 Å². The Balaban J connectivity index is 0.000000346. The van der Waals surface area contributed by atoms with Gasteiger partial charge in [-0.05, 0) is 17.8 Å². The molecule has 79 valence electrons. The average molecular weight is 241 g/mol. The number of fused-ring (bicyclic) bond motifs is 1. The Labute approximate surface area is 132 Å². The van der Waals surface area contributed by atoms with E-state index < -0.39 is 7.54 Å². The van der Waals surface area contributed by atoms with Gasteiger partial charge in [-0.15, -0.1) is 0 Å². The van der Waals surface area contributed by atoms with Gasteiger partial charge < -0.3 is 0 Å². The van der Waals surface area contributed by atoms with Crippen LogP contribution in [-0.4, -0.2) is 58.9 Å². The molecule has 3 atom stereocenters. The van der Waals surface area contributed by atoms with Crippen molar-refractivity contribution in [3.05, 3.63) is 0 Å². The molecule has 0 saturated heterocycles. The first-order valence-corrected chi connectivity index (χ1v) is 4.79. The van der Waals surface area contributed by atoms with Crippen LogP contribution in [0.25, 0.3) is 0 Å². The molecule has 0 amide bonds. The van der Waals surface area contributed by atoms with Gasteiger partial charge in [0.2, 0.25) is 0 Å². The van der Waals surface area contributed by atoms with Crippen LogP contribution in [0.2, 0.25) is 0 Å². The van der Waals surface area contributed by atoms with E-state index in [2.05, 4.69) is 32.6 Å². The molecular weight excluding hydrogens is 227 g/mol. The normalized spacial score (nSPS) is 33.1. The Morgan fingerprint density at radius 3 is 2.00 bits per heavy atom. The minimum Gasteiger partial charge on any atom is -0.254 e. The molecule has 2 rings (SSSR count). The van der Waals surface area contributed by atoms with Crippen LogP contribution in [0, 0.1) is 35.0 Å². The molecule has 15 heavy (non-hydrogen) atoms. The molecule has 0 bridgehead atoms. The van der Waals surface area contributed by atoms with Gasteiger partial charge in [0.1, 0.15) is 0 Å². The van der Waals surface area contributed by atoms with Crippen molar-refractivity contribution in [2.24, 2.45) is 23.2 Å². The van der Waals surface area contributed by atoms with Crippen LogP contribution in [0.5, 0.6) is 0 Å². The molecule has 0 N–H and O–H groups in total. The molecule has 2 aliphatic carbocycles. The standard InChI is InChI=1S/C10H14.BF3.K/c1-7-4-5-8-9(6-7)10(8,2)3;2-1(3)4;/h7-9H,6H2,1-3H3;;. The summed E-state index contributed by atoms with van der Waals surface area (Å²) < 4.78 is 29.0. The zero-order valence-electron chi connectivity index (χ0n) is 9.65. The van der Waals surface area contributed by atoms with E-state index in [0.29, 0.717) is 11.3 Å². The second kappa shape index (κ2) is 6.11. The number of hydrogen-bond donors (Lipinski definition) is 0. The molecular formula is C10H14BF3K. The largest absolute Gasteiger partial charge is 0.762 e. The van der Waals surface area contributed by atoms with Crippen molar-refractivity contribution in [2.75, 3.05) is 0 Å². The van der Waals surface area contributed by atoms with E-state index in [0.717, 1.165) is 11.8 Å². The van der Waals surface area contributed by atoms with E-state index in [1.54, 1.807) is 0 Å². The monoisotopic (exact) mass is 241 g/mol. The molecule has 3 unspecified atom stereocenters. The molecule has 0 heterocycles. The second-order valence-electron chi connectivity index (χ2n) is 4.58. The Hall–Kier alpha value is 1.05. The van der Waals surface area contributed by atoms with Crippen LogP contribution in [0.15, 0.2) is 0 Å². The van der Waals surface area contributed by atoms with Gasteiger partial charge in [-0.2, -0.15) is 0 Å². The van der Waals surface area contributed by atoms with Crippen molar-refractivity contribution in [1.82, 2.24) is 0 Å². The molecule has 0 aromatic rings. The summed E-state index contributed by atoms with van der Waals surface area (Å²) in [4.78, 5) is 0. The zero-order chi connectivity index (χ0) is 10.9. The van der Waals surface area contributed by atoms with Crippen LogP contribution >= 0.6 is 0 Å². The first-order valence-electron chi connectivity index (χ1n) is 4.79. The maximum Gasteiger partial charge on any atom is 0.762 e. The first kappa shape index (κ1) is 16.1. The molecule has 0 aromatic heterocycles. The number of rotatable bonds is 0. The molecule has 2 aliphatic rings. The van der Waals surface area contributed by atoms with Gasteiger partial charge in [0.15, 0.2) is 0 Å². The third-order valence-electron chi connectivity index (χ3n) is 3.14. The quantitative estimate of drug-likeness (QED) is 0.452. The van der Waals surface area contributed by atoms with Gasteiger partial charge in [-0.25, -0.2) is 0 Å². The molecule has 1 saturated carbocycles. The smallest absolute Gasteiger partial charge is 0.254 e. The average Bonchev–Trinajstić information content (AvgIpc) is 2.52. The maximum atomic E-state index is 9.67. The van der Waals surface area contributed by atoms with E-state index in [4.69, 9.17) is 0 Å². The fourth-order valence-electron chi connectivity index (χ4n) is 2.14. The van der Waals surface area contributed by atoms with Crippen molar-refractivity contribution in [1.29, 1.82) is 0 Å². The summed E-state index contributed by atoms with van der Waals surface area (Å²) in [5.41, 5.74) is 0.553. The topological polar surface area (TPSA) is 0 Å². The summed E-state index contributed by atoms with van der Waals surface area (Å²) >= 11 is 0. The summed E-state index contributed by atoms with van der Waals surface area (Å²) in [5.74, 6) is 8.94. The molecule has 0 aliphatic heterocycles. The van der Waals surface area contributed by atoms with E-state index in [1.165, 1.54) is 6.42 Å². The minimum atomic E-state index is -3.67. The molecule has 0 spiro atoms. The summed E-state index contributed by atoms with van der Waals surface area (Å²) in [5, 5.41) is 0. The number of halogens is 3. The maximum absolute atomic E-state index is 9.67. The van der Waals surface area contributed by atoms with Crippen LogP contribution in [0.1, 0.15) is 27.2 Å². The van der Waals surface area contributed by atoms with E-state index >= 15 is 0 Å². The van der Waals surface area contributed by atoms with Crippen molar-refractivity contribution in [3.8, 4) is 11.8 Å². The molecule has 0 nitrogen and oxygen atoms in total. The molecule has 1 radical (unpaired) electrons. The molecule has 1 fully saturated rings. The number of hydrogen-bond acceptors (Lipinski definition) is 0. The summed E-state index contributed by atoms with van der Waals surface area (Å²) in [6, 6.07) is 0. The van der Waals surface area contributed by atoms with Gasteiger partial charge >= 0.3 is 7.54 Å². The van der Waals surface area contributed by atoms with Crippen molar-refractivity contribution in [2.45, 2.75) is 27.2 Å². The van der Waals surface area contributed by atoms with Crippen LogP contribution < -0.4 is 0 Å². The fraction of sp³-hybridized carbons (Fsp3) is 0.800. The van der Waals surface area contributed by atoms with Gasteiger partial charge in [0, 0.05) is 63.2 Å². The Morgan fingerprint density at radius 1 is 1.20 bits per heavy atom. The van der Waals surface area contributed by atoms with Crippen LogP contribution in [0.3, 0.4) is 0 Å². The van der Waals surface area contributed by atoms with Crippen molar-refractivity contribution in [3.63, 3.8) is 0 Å². The zero-order valence-corrected chi connectivity index (χ0v) is 12.8. The summed E-state index contributed by atoms with van der Waals surface area (Å²) in [7, 11) is -3.67. The second-order valence-corrected chi connectivity index (χ2v) is 4.58. The third-order valence-corrected chi connectivity index (χ3v) is 3.14. The Kier molecular flexibility index (Phi) is 6.54. The van der Waals surface area contributed by atoms with Crippen molar-refractivity contribution < 1.29 is 12.9 Å². The molecule has 5 heteroatoms. The summed E-state index contributed by atoms with van der Waals surface area (Å²) in [6.07, 6.45) is 1.34. The molecule has 0 aromatic carbocycles. The Bertz CT molecular complexity index is 267. The van der Waals surface area contributed by atoms with Gasteiger partial charge in [-0.1, -0.05) is 32.6 Å². The minimum absolute atomic E-state index is 0. The van der Waals surface area contributed by atoms with Crippen LogP contribution in [0.4, 0.5) is 12.9 Å². The summed E-state index contributed by atoms with van der Waals surface area (Å²) in [6.45, 7) is 6.92. The first-order chi connectivity index (χ1) is 6.35. The van der Waals surface area contributed by atoms with Crippen LogP contribution in [-0.2, 0) is 0 Å². The van der Waals surface area contributed by atoms with Gasteiger partial charge in [0.05, 0.1) is 0 Å². The van der Waals surface area contributed by atoms with E-state index in [-0.39, 0.29) is 51.4 Å². The van der Waals surface area contributed by atoms with E-state index in [1.807, 2.05) is 0 Å². The predicted molar refractivity (Wildman–Crippen MR) is 57.2 cm³/mol. The van der Waals surface area contributed by atoms with Gasteiger partial charge in [-0.3, -0.25) is 12.9 Å². The third kappa shape index (κ3) is 4.43. The SMILES string of the molecule is CC1C#CC2C(C1)C2(C)C.FB(F)F.[K]. The Morgan fingerprint density at radius 2 is 1.67 bits per heavy atom. The van der Waals surface area contributed by atoms with Crippen molar-refractivity contribution >= 4 is 58.9 Å². The van der Waals surface area contributed by atoms with Gasteiger partial charge in [0.25, 0.3) is 0 Å². The fourth-order valence-corrected chi connectivity index (χ4v) is 2.14.